The molecule has 3 aliphatic rings. The van der Waals surface area contributed by atoms with Gasteiger partial charge in [-0.1, -0.05) is 54.1 Å². The van der Waals surface area contributed by atoms with Crippen LogP contribution in [0, 0.1) is 17.7 Å². The van der Waals surface area contributed by atoms with E-state index in [0.29, 0.717) is 10.6 Å². The van der Waals surface area contributed by atoms with E-state index in [4.69, 9.17) is 11.6 Å². The quantitative estimate of drug-likeness (QED) is 0.407. The molecule has 3 aromatic rings. The number of carbonyl (C=O) groups is 3. The van der Waals surface area contributed by atoms with Gasteiger partial charge in [0.2, 0.25) is 11.8 Å². The molecule has 0 unspecified atom stereocenters. The van der Waals surface area contributed by atoms with Crippen LogP contribution in [0.3, 0.4) is 0 Å². The average Bonchev–Trinajstić information content (AvgIpc) is 3.32. The Hall–Kier alpha value is -3.77. The summed E-state index contributed by atoms with van der Waals surface area (Å²) in [6.07, 6.45) is 3.78. The Morgan fingerprint density at radius 2 is 1.47 bits per heavy atom. The number of benzene rings is 3. The second-order valence-corrected chi connectivity index (χ2v) is 9.08. The van der Waals surface area contributed by atoms with Gasteiger partial charge in [-0.05, 0) is 48.0 Å². The second-order valence-electron chi connectivity index (χ2n) is 8.65. The van der Waals surface area contributed by atoms with E-state index in [1.807, 2.05) is 41.3 Å². The number of para-hydroxylation sites is 2. The third-order valence-electron chi connectivity index (χ3n) is 6.91. The molecule has 2 saturated heterocycles. The van der Waals surface area contributed by atoms with Crippen molar-refractivity contribution in [2.24, 2.45) is 11.8 Å². The van der Waals surface area contributed by atoms with Gasteiger partial charge in [0.1, 0.15) is 11.9 Å². The van der Waals surface area contributed by atoms with Crippen LogP contribution in [0.4, 0.5) is 15.8 Å². The van der Waals surface area contributed by atoms with E-state index in [9.17, 15) is 18.8 Å². The number of nitrogens with zero attached hydrogens (tertiary/aromatic N) is 2. The van der Waals surface area contributed by atoms with Gasteiger partial charge in [0, 0.05) is 16.3 Å². The lowest BCUT2D eigenvalue weighted by molar-refractivity contribution is -0.122. The molecule has 168 valence electrons. The average molecular weight is 473 g/mol. The van der Waals surface area contributed by atoms with Crippen LogP contribution in [0.15, 0.2) is 78.9 Å². The Bertz CT molecular complexity index is 1390. The zero-order valence-corrected chi connectivity index (χ0v) is 18.5. The molecule has 3 heterocycles. The molecule has 0 aromatic heterocycles. The lowest BCUT2D eigenvalue weighted by atomic mass is 9.86. The van der Waals surface area contributed by atoms with Crippen LogP contribution in [0.5, 0.6) is 0 Å². The van der Waals surface area contributed by atoms with E-state index < -0.39 is 41.6 Å². The molecular weight excluding hydrogens is 455 g/mol. The highest BCUT2D eigenvalue weighted by atomic mass is 35.5. The fourth-order valence-corrected chi connectivity index (χ4v) is 5.59. The van der Waals surface area contributed by atoms with Gasteiger partial charge >= 0.3 is 0 Å². The normalized spacial score (nSPS) is 24.8. The van der Waals surface area contributed by atoms with Crippen LogP contribution >= 0.6 is 11.6 Å². The van der Waals surface area contributed by atoms with E-state index in [1.54, 1.807) is 30.3 Å². The van der Waals surface area contributed by atoms with Crippen molar-refractivity contribution in [2.45, 2.75) is 12.1 Å². The van der Waals surface area contributed by atoms with Crippen molar-refractivity contribution in [3.05, 3.63) is 101 Å². The molecule has 2 amide bonds. The zero-order chi connectivity index (χ0) is 23.6. The zero-order valence-electron chi connectivity index (χ0n) is 17.8. The summed E-state index contributed by atoms with van der Waals surface area (Å²) in [6, 6.07) is 18.3. The van der Waals surface area contributed by atoms with Gasteiger partial charge in [0.25, 0.3) is 0 Å². The van der Waals surface area contributed by atoms with E-state index in [-0.39, 0.29) is 11.5 Å². The Morgan fingerprint density at radius 3 is 2.21 bits per heavy atom. The van der Waals surface area contributed by atoms with Crippen LogP contribution in [-0.4, -0.2) is 29.7 Å². The summed E-state index contributed by atoms with van der Waals surface area (Å²) in [4.78, 5) is 44.0. The number of imide groups is 1. The van der Waals surface area contributed by atoms with Crippen molar-refractivity contribution in [1.82, 2.24) is 0 Å². The lowest BCUT2D eigenvalue weighted by Crippen LogP contribution is -2.49. The largest absolute Gasteiger partial charge is 0.352 e. The molecule has 3 aromatic carbocycles. The van der Waals surface area contributed by atoms with Gasteiger partial charge in [-0.15, -0.1) is 0 Å². The molecule has 3 aliphatic heterocycles. The van der Waals surface area contributed by atoms with Crippen LogP contribution in [0.2, 0.25) is 5.02 Å². The molecule has 0 bridgehead atoms. The van der Waals surface area contributed by atoms with E-state index >= 15 is 0 Å². The number of halogens is 2. The molecule has 4 atom stereocenters. The van der Waals surface area contributed by atoms with Crippen molar-refractivity contribution >= 4 is 46.6 Å². The van der Waals surface area contributed by atoms with Gasteiger partial charge < -0.3 is 4.90 Å². The highest BCUT2D eigenvalue weighted by Gasteiger charge is 2.64. The summed E-state index contributed by atoms with van der Waals surface area (Å²) >= 11 is 6.02. The first-order valence-electron chi connectivity index (χ1n) is 10.9. The Kier molecular flexibility index (Phi) is 4.67. The number of ketones is 1. The van der Waals surface area contributed by atoms with Gasteiger partial charge in [0.05, 0.1) is 23.6 Å². The molecule has 0 radical (unpaired) electrons. The maximum absolute atomic E-state index is 14.6. The van der Waals surface area contributed by atoms with E-state index in [0.717, 1.165) is 16.2 Å². The highest BCUT2D eigenvalue weighted by Crippen LogP contribution is 2.50. The minimum atomic E-state index is -0.948. The fraction of sp³-hybridized carbons (Fsp3) is 0.148. The second kappa shape index (κ2) is 7.64. The molecule has 2 fully saturated rings. The van der Waals surface area contributed by atoms with Crippen molar-refractivity contribution in [3.63, 3.8) is 0 Å². The minimum Gasteiger partial charge on any atom is -0.352 e. The van der Waals surface area contributed by atoms with Gasteiger partial charge in [-0.25, -0.2) is 9.29 Å². The molecule has 34 heavy (non-hydrogen) atoms. The SMILES string of the molecule is O=C(c1ccc(Cl)cc1)[C@@H]1[C@H]2C(=O)N(c3ccccc3F)C(=O)[C@@H]2[C@H]2C=Cc3ccccc3N21. The van der Waals surface area contributed by atoms with E-state index in [1.165, 1.54) is 18.2 Å². The first-order chi connectivity index (χ1) is 16.5. The maximum atomic E-state index is 14.6. The molecule has 6 rings (SSSR count). The first-order valence-corrected chi connectivity index (χ1v) is 11.3. The number of hydrogen-bond donors (Lipinski definition) is 0. The summed E-state index contributed by atoms with van der Waals surface area (Å²) in [5.41, 5.74) is 2.00. The summed E-state index contributed by atoms with van der Waals surface area (Å²) in [5.74, 6) is -3.76. The van der Waals surface area contributed by atoms with Gasteiger partial charge in [-0.2, -0.15) is 0 Å². The summed E-state index contributed by atoms with van der Waals surface area (Å²) in [5, 5.41) is 0.489. The number of anilines is 2. The number of carbonyl (C=O) groups excluding carboxylic acids is 3. The molecule has 7 heteroatoms. The highest BCUT2D eigenvalue weighted by molar-refractivity contribution is 6.30. The van der Waals surface area contributed by atoms with Crippen molar-refractivity contribution in [3.8, 4) is 0 Å². The van der Waals surface area contributed by atoms with Crippen LogP contribution in [-0.2, 0) is 9.59 Å². The number of amides is 2. The number of rotatable bonds is 3. The Balaban J connectivity index is 1.51. The summed E-state index contributed by atoms with van der Waals surface area (Å²) in [6.45, 7) is 0. The molecular formula is C27H18ClFN2O3. The topological polar surface area (TPSA) is 57.7 Å². The monoisotopic (exact) mass is 472 g/mol. The summed E-state index contributed by atoms with van der Waals surface area (Å²) < 4.78 is 14.6. The molecule has 0 N–H and O–H groups in total. The smallest absolute Gasteiger partial charge is 0.240 e. The van der Waals surface area contributed by atoms with Crippen molar-refractivity contribution in [1.29, 1.82) is 0 Å². The van der Waals surface area contributed by atoms with Crippen LogP contribution in [0.25, 0.3) is 6.08 Å². The number of Topliss-reactive ketones (excluding diaryl/α,β-unsaturated/α-hetero) is 1. The van der Waals surface area contributed by atoms with Gasteiger partial charge in [0.15, 0.2) is 5.78 Å². The predicted octanol–water partition coefficient (Wildman–Crippen LogP) is 4.75. The molecule has 5 nitrogen and oxygen atoms in total. The standard InChI is InChI=1S/C27H18ClFN2O3/c28-17-12-9-16(10-13-17)25(32)24-23-22(21-14-11-15-5-1-3-7-19(15)30(21)24)26(33)31(27(23)34)20-8-4-2-6-18(20)29/h1-14,21-24H/t21-,22-,23+,24+/m1/s1. The predicted molar refractivity (Wildman–Crippen MR) is 127 cm³/mol. The minimum absolute atomic E-state index is 0.0867. The molecule has 0 saturated carbocycles. The Labute approximate surface area is 200 Å². The van der Waals surface area contributed by atoms with Crippen molar-refractivity contribution < 1.29 is 18.8 Å². The molecule has 0 spiro atoms. The lowest BCUT2D eigenvalue weighted by Gasteiger charge is -2.36. The third kappa shape index (κ3) is 2.88. The van der Waals surface area contributed by atoms with Crippen molar-refractivity contribution in [2.75, 3.05) is 9.80 Å². The van der Waals surface area contributed by atoms with E-state index in [2.05, 4.69) is 0 Å². The van der Waals surface area contributed by atoms with Crippen LogP contribution in [0.1, 0.15) is 15.9 Å². The number of hydrogen-bond acceptors (Lipinski definition) is 4. The first kappa shape index (κ1) is 20.8. The third-order valence-corrected chi connectivity index (χ3v) is 7.16. The Morgan fingerprint density at radius 1 is 0.824 bits per heavy atom. The van der Waals surface area contributed by atoms with Crippen LogP contribution < -0.4 is 9.80 Å². The molecule has 0 aliphatic carbocycles. The maximum Gasteiger partial charge on any atom is 0.240 e. The fourth-order valence-electron chi connectivity index (χ4n) is 5.47. The summed E-state index contributed by atoms with van der Waals surface area (Å²) in [7, 11) is 0. The number of fused-ring (bicyclic) bond motifs is 5. The van der Waals surface area contributed by atoms with Gasteiger partial charge in [-0.3, -0.25) is 14.4 Å².